The van der Waals surface area contributed by atoms with Crippen LogP contribution in [-0.2, 0) is 11.3 Å². The number of hydrogen-bond donors (Lipinski definition) is 1. The third-order valence-electron chi connectivity index (χ3n) is 4.87. The summed E-state index contributed by atoms with van der Waals surface area (Å²) in [6, 6.07) is 9.18. The Hall–Kier alpha value is -1.59. The Morgan fingerprint density at radius 2 is 1.88 bits per heavy atom. The van der Waals surface area contributed by atoms with Crippen LogP contribution in [0.15, 0.2) is 29.3 Å². The predicted molar refractivity (Wildman–Crippen MR) is 105 cm³/mol. The summed E-state index contributed by atoms with van der Waals surface area (Å²) in [7, 11) is 3.95. The number of ether oxygens (including phenoxy) is 1. The van der Waals surface area contributed by atoms with Crippen LogP contribution in [-0.4, -0.2) is 68.7 Å². The number of hydrogen-bond acceptors (Lipinski definition) is 3. The molecule has 0 bridgehead atoms. The van der Waals surface area contributed by atoms with Gasteiger partial charge in [-0.15, -0.1) is 0 Å². The zero-order valence-corrected chi connectivity index (χ0v) is 16.5. The van der Waals surface area contributed by atoms with Gasteiger partial charge in [-0.3, -0.25) is 9.89 Å². The molecule has 0 aliphatic carbocycles. The van der Waals surface area contributed by atoms with Gasteiger partial charge < -0.3 is 15.0 Å². The number of aryl methyl sites for hydroxylation is 1. The second kappa shape index (κ2) is 9.78. The maximum Gasteiger partial charge on any atom is 0.193 e. The average Bonchev–Trinajstić information content (AvgIpc) is 2.61. The first kappa shape index (κ1) is 19.7. The van der Waals surface area contributed by atoms with Crippen LogP contribution in [0.5, 0.6) is 0 Å². The van der Waals surface area contributed by atoms with Gasteiger partial charge in [0.05, 0.1) is 13.2 Å². The number of morpholine rings is 1. The van der Waals surface area contributed by atoms with Gasteiger partial charge in [0, 0.05) is 46.3 Å². The van der Waals surface area contributed by atoms with Crippen molar-refractivity contribution in [2.24, 2.45) is 10.9 Å². The standard InChI is InChI=1S/C20H34N4O/c1-16(2)19(24-10-12-25-13-11-24)14-22-20(21-4)23(5)15-18-8-6-17(3)7-9-18/h6-9,16,19H,10-15H2,1-5H3,(H,21,22). The number of guanidine groups is 1. The Bertz CT molecular complexity index is 535. The fourth-order valence-electron chi connectivity index (χ4n) is 3.32. The molecule has 0 spiro atoms. The summed E-state index contributed by atoms with van der Waals surface area (Å²) in [5.41, 5.74) is 2.59. The van der Waals surface area contributed by atoms with E-state index >= 15 is 0 Å². The lowest BCUT2D eigenvalue weighted by atomic mass is 10.0. The predicted octanol–water partition coefficient (Wildman–Crippen LogP) is 2.36. The van der Waals surface area contributed by atoms with E-state index in [0.717, 1.165) is 45.4 Å². The molecule has 1 atom stereocenters. The minimum atomic E-state index is 0.494. The Balaban J connectivity index is 1.91. The summed E-state index contributed by atoms with van der Waals surface area (Å²) in [6.45, 7) is 12.2. The molecule has 0 saturated carbocycles. The van der Waals surface area contributed by atoms with Crippen molar-refractivity contribution in [1.29, 1.82) is 0 Å². The van der Waals surface area contributed by atoms with E-state index in [1.165, 1.54) is 11.1 Å². The lowest BCUT2D eigenvalue weighted by molar-refractivity contribution is 0.00741. The zero-order valence-electron chi connectivity index (χ0n) is 16.5. The van der Waals surface area contributed by atoms with Crippen LogP contribution < -0.4 is 5.32 Å². The fraction of sp³-hybridized carbons (Fsp3) is 0.650. The molecular formula is C20H34N4O. The van der Waals surface area contributed by atoms with Gasteiger partial charge in [-0.05, 0) is 18.4 Å². The molecule has 1 aliphatic heterocycles. The van der Waals surface area contributed by atoms with E-state index in [1.807, 2.05) is 7.05 Å². The average molecular weight is 347 g/mol. The Kier molecular flexibility index (Phi) is 7.72. The Labute approximate surface area is 153 Å². The van der Waals surface area contributed by atoms with Crippen molar-refractivity contribution < 1.29 is 4.74 Å². The number of nitrogens with one attached hydrogen (secondary N) is 1. The molecule has 2 rings (SSSR count). The van der Waals surface area contributed by atoms with Gasteiger partial charge in [-0.1, -0.05) is 43.7 Å². The Morgan fingerprint density at radius 1 is 1.24 bits per heavy atom. The van der Waals surface area contributed by atoms with Gasteiger partial charge in [0.15, 0.2) is 5.96 Å². The molecule has 140 valence electrons. The van der Waals surface area contributed by atoms with Crippen LogP contribution >= 0.6 is 0 Å². The molecule has 1 fully saturated rings. The number of nitrogens with zero attached hydrogens (tertiary/aromatic N) is 3. The SMILES string of the molecule is CN=C(NCC(C(C)C)N1CCOCC1)N(C)Cc1ccc(C)cc1. The van der Waals surface area contributed by atoms with Gasteiger partial charge in [0.1, 0.15) is 0 Å². The van der Waals surface area contributed by atoms with Crippen LogP contribution in [0.25, 0.3) is 0 Å². The molecule has 25 heavy (non-hydrogen) atoms. The number of aliphatic imine (C=N–C) groups is 1. The summed E-state index contributed by atoms with van der Waals surface area (Å²) in [4.78, 5) is 9.18. The molecule has 1 N–H and O–H groups in total. The van der Waals surface area contributed by atoms with Gasteiger partial charge in [-0.2, -0.15) is 0 Å². The van der Waals surface area contributed by atoms with Gasteiger partial charge >= 0.3 is 0 Å². The first-order valence-electron chi connectivity index (χ1n) is 9.30. The maximum absolute atomic E-state index is 5.50. The maximum atomic E-state index is 5.50. The monoisotopic (exact) mass is 346 g/mol. The van der Waals surface area contributed by atoms with Crippen molar-refractivity contribution in [1.82, 2.24) is 15.1 Å². The normalized spacial score (nSPS) is 17.6. The molecule has 5 heteroatoms. The van der Waals surface area contributed by atoms with Crippen LogP contribution in [0.3, 0.4) is 0 Å². The smallest absolute Gasteiger partial charge is 0.193 e. The third kappa shape index (κ3) is 6.01. The number of rotatable bonds is 6. The summed E-state index contributed by atoms with van der Waals surface area (Å²) in [5, 5.41) is 3.57. The number of benzene rings is 1. The molecule has 1 aromatic carbocycles. The van der Waals surface area contributed by atoms with Gasteiger partial charge in [0.25, 0.3) is 0 Å². The summed E-state index contributed by atoms with van der Waals surface area (Å²) < 4.78 is 5.50. The fourth-order valence-corrected chi connectivity index (χ4v) is 3.32. The molecule has 1 saturated heterocycles. The summed E-state index contributed by atoms with van der Waals surface area (Å²) >= 11 is 0. The second-order valence-electron chi connectivity index (χ2n) is 7.23. The van der Waals surface area contributed by atoms with Crippen molar-refractivity contribution >= 4 is 5.96 Å². The summed E-state index contributed by atoms with van der Waals surface area (Å²) in [5.74, 6) is 1.53. The van der Waals surface area contributed by atoms with Crippen molar-refractivity contribution in [3.8, 4) is 0 Å². The molecule has 1 aliphatic rings. The lowest BCUT2D eigenvalue weighted by Crippen LogP contribution is -2.52. The van der Waals surface area contributed by atoms with E-state index in [-0.39, 0.29) is 0 Å². The van der Waals surface area contributed by atoms with E-state index in [1.54, 1.807) is 0 Å². The molecule has 1 heterocycles. The quantitative estimate of drug-likeness (QED) is 0.634. The second-order valence-corrected chi connectivity index (χ2v) is 7.23. The minimum absolute atomic E-state index is 0.494. The highest BCUT2D eigenvalue weighted by molar-refractivity contribution is 5.79. The van der Waals surface area contributed by atoms with Crippen molar-refractivity contribution in [3.05, 3.63) is 35.4 Å². The van der Waals surface area contributed by atoms with Gasteiger partial charge in [0.2, 0.25) is 0 Å². The van der Waals surface area contributed by atoms with E-state index in [9.17, 15) is 0 Å². The van der Waals surface area contributed by atoms with Crippen molar-refractivity contribution in [3.63, 3.8) is 0 Å². The molecule has 5 nitrogen and oxygen atoms in total. The van der Waals surface area contributed by atoms with Crippen molar-refractivity contribution in [2.75, 3.05) is 46.9 Å². The highest BCUT2D eigenvalue weighted by atomic mass is 16.5. The molecule has 0 radical (unpaired) electrons. The molecular weight excluding hydrogens is 312 g/mol. The van der Waals surface area contributed by atoms with Crippen LogP contribution in [0.2, 0.25) is 0 Å². The lowest BCUT2D eigenvalue weighted by Gasteiger charge is -2.37. The largest absolute Gasteiger partial charge is 0.379 e. The highest BCUT2D eigenvalue weighted by Gasteiger charge is 2.24. The Morgan fingerprint density at radius 3 is 2.44 bits per heavy atom. The molecule has 1 unspecified atom stereocenters. The van der Waals surface area contributed by atoms with E-state index in [2.05, 4.69) is 72.2 Å². The van der Waals surface area contributed by atoms with E-state index in [0.29, 0.717) is 12.0 Å². The first-order chi connectivity index (χ1) is 12.0. The highest BCUT2D eigenvalue weighted by Crippen LogP contribution is 2.12. The molecule has 0 aromatic heterocycles. The minimum Gasteiger partial charge on any atom is -0.379 e. The van der Waals surface area contributed by atoms with Gasteiger partial charge in [-0.25, -0.2) is 0 Å². The van der Waals surface area contributed by atoms with Crippen LogP contribution in [0.1, 0.15) is 25.0 Å². The first-order valence-corrected chi connectivity index (χ1v) is 9.30. The van der Waals surface area contributed by atoms with Crippen molar-refractivity contribution in [2.45, 2.75) is 33.4 Å². The molecule has 0 amide bonds. The zero-order chi connectivity index (χ0) is 18.2. The summed E-state index contributed by atoms with van der Waals surface area (Å²) in [6.07, 6.45) is 0. The van der Waals surface area contributed by atoms with Crippen LogP contribution in [0.4, 0.5) is 0 Å². The topological polar surface area (TPSA) is 40.1 Å². The third-order valence-corrected chi connectivity index (χ3v) is 4.87. The van der Waals surface area contributed by atoms with Crippen LogP contribution in [0, 0.1) is 12.8 Å². The molecule has 1 aromatic rings. The van der Waals surface area contributed by atoms with E-state index < -0.39 is 0 Å². The van der Waals surface area contributed by atoms with E-state index in [4.69, 9.17) is 4.74 Å².